The molecule has 0 saturated carbocycles. The van der Waals surface area contributed by atoms with Crippen LogP contribution in [-0.4, -0.2) is 30.6 Å². The molecular formula is C14H18ClFN2. The largest absolute Gasteiger partial charge is 0.314 e. The molecule has 1 aromatic carbocycles. The van der Waals surface area contributed by atoms with Gasteiger partial charge in [-0.1, -0.05) is 17.7 Å². The van der Waals surface area contributed by atoms with Crippen LogP contribution in [0, 0.1) is 11.7 Å². The van der Waals surface area contributed by atoms with Gasteiger partial charge >= 0.3 is 0 Å². The summed E-state index contributed by atoms with van der Waals surface area (Å²) in [4.78, 5) is 2.36. The number of piperidine rings is 1. The Morgan fingerprint density at radius 3 is 3.11 bits per heavy atom. The van der Waals surface area contributed by atoms with Gasteiger partial charge in [-0.05, 0) is 44.0 Å². The second-order valence-electron chi connectivity index (χ2n) is 5.37. The maximum Gasteiger partial charge on any atom is 0.129 e. The van der Waals surface area contributed by atoms with Gasteiger partial charge in [-0.15, -0.1) is 0 Å². The van der Waals surface area contributed by atoms with Crippen LogP contribution in [0.3, 0.4) is 0 Å². The van der Waals surface area contributed by atoms with Gasteiger partial charge in [0, 0.05) is 29.7 Å². The number of rotatable bonds is 2. The van der Waals surface area contributed by atoms with Crippen LogP contribution in [0.15, 0.2) is 18.2 Å². The van der Waals surface area contributed by atoms with Crippen LogP contribution in [-0.2, 0) is 6.54 Å². The summed E-state index contributed by atoms with van der Waals surface area (Å²) in [6, 6.07) is 5.66. The zero-order chi connectivity index (χ0) is 12.5. The van der Waals surface area contributed by atoms with Crippen LogP contribution in [0.1, 0.15) is 18.4 Å². The third-order valence-electron chi connectivity index (χ3n) is 4.15. The van der Waals surface area contributed by atoms with E-state index in [-0.39, 0.29) is 5.82 Å². The molecule has 0 spiro atoms. The molecule has 2 atom stereocenters. The highest BCUT2D eigenvalue weighted by Crippen LogP contribution is 2.26. The molecule has 3 rings (SSSR count). The van der Waals surface area contributed by atoms with Gasteiger partial charge in [-0.3, -0.25) is 4.90 Å². The van der Waals surface area contributed by atoms with Crippen molar-refractivity contribution in [1.82, 2.24) is 10.2 Å². The highest BCUT2D eigenvalue weighted by Gasteiger charge is 2.32. The van der Waals surface area contributed by atoms with Crippen molar-refractivity contribution in [2.45, 2.75) is 25.4 Å². The standard InChI is InChI=1S/C14H18ClFN2/c15-12-2-1-10(13(16)7-12)8-18-6-4-14-11(9-18)3-5-17-14/h1-2,7,11,14,17H,3-6,8-9H2. The Balaban J connectivity index is 1.66. The lowest BCUT2D eigenvalue weighted by Gasteiger charge is -2.34. The molecule has 2 fully saturated rings. The molecular weight excluding hydrogens is 251 g/mol. The number of benzene rings is 1. The first-order valence-corrected chi connectivity index (χ1v) is 7.00. The molecule has 1 N–H and O–H groups in total. The molecule has 2 nitrogen and oxygen atoms in total. The first-order valence-electron chi connectivity index (χ1n) is 6.62. The van der Waals surface area contributed by atoms with Crippen molar-refractivity contribution < 1.29 is 4.39 Å². The van der Waals surface area contributed by atoms with Gasteiger partial charge in [-0.25, -0.2) is 4.39 Å². The van der Waals surface area contributed by atoms with E-state index in [4.69, 9.17) is 11.6 Å². The summed E-state index contributed by atoms with van der Waals surface area (Å²) in [5.41, 5.74) is 0.754. The maximum absolute atomic E-state index is 13.8. The van der Waals surface area contributed by atoms with E-state index in [9.17, 15) is 4.39 Å². The Morgan fingerprint density at radius 1 is 1.39 bits per heavy atom. The van der Waals surface area contributed by atoms with Crippen LogP contribution in [0.25, 0.3) is 0 Å². The molecule has 4 heteroatoms. The first kappa shape index (κ1) is 12.4. The number of nitrogens with one attached hydrogen (secondary N) is 1. The average molecular weight is 269 g/mol. The number of halogens is 2. The third kappa shape index (κ3) is 2.53. The Kier molecular flexibility index (Phi) is 3.55. The summed E-state index contributed by atoms with van der Waals surface area (Å²) in [6.45, 7) is 3.97. The van der Waals surface area contributed by atoms with E-state index in [0.29, 0.717) is 17.6 Å². The van der Waals surface area contributed by atoms with Crippen molar-refractivity contribution >= 4 is 11.6 Å². The zero-order valence-electron chi connectivity index (χ0n) is 10.3. The van der Waals surface area contributed by atoms with Crippen LogP contribution in [0.4, 0.5) is 4.39 Å². The van der Waals surface area contributed by atoms with E-state index in [0.717, 1.165) is 31.1 Å². The van der Waals surface area contributed by atoms with Crippen molar-refractivity contribution in [3.05, 3.63) is 34.6 Å². The average Bonchev–Trinajstić information content (AvgIpc) is 2.80. The minimum absolute atomic E-state index is 0.186. The predicted molar refractivity (Wildman–Crippen MR) is 71.2 cm³/mol. The summed E-state index contributed by atoms with van der Waals surface area (Å²) >= 11 is 5.77. The second kappa shape index (κ2) is 5.16. The second-order valence-corrected chi connectivity index (χ2v) is 5.81. The van der Waals surface area contributed by atoms with E-state index in [1.54, 1.807) is 12.1 Å². The van der Waals surface area contributed by atoms with Gasteiger partial charge in [0.15, 0.2) is 0 Å². The fourth-order valence-electron chi connectivity index (χ4n) is 3.16. The topological polar surface area (TPSA) is 15.3 Å². The summed E-state index contributed by atoms with van der Waals surface area (Å²) < 4.78 is 13.8. The van der Waals surface area contributed by atoms with E-state index in [1.807, 2.05) is 0 Å². The van der Waals surface area contributed by atoms with Crippen molar-refractivity contribution in [2.75, 3.05) is 19.6 Å². The number of likely N-dealkylation sites (tertiary alicyclic amines) is 1. The molecule has 2 aliphatic heterocycles. The summed E-state index contributed by atoms with van der Waals surface area (Å²) in [5.74, 6) is 0.559. The molecule has 0 bridgehead atoms. The molecule has 2 aliphatic rings. The molecule has 0 amide bonds. The van der Waals surface area contributed by atoms with Crippen LogP contribution in [0.2, 0.25) is 5.02 Å². The summed E-state index contributed by atoms with van der Waals surface area (Å²) in [5, 5.41) is 4.01. The lowest BCUT2D eigenvalue weighted by molar-refractivity contribution is 0.154. The number of hydrogen-bond donors (Lipinski definition) is 1. The van der Waals surface area contributed by atoms with E-state index >= 15 is 0 Å². The highest BCUT2D eigenvalue weighted by molar-refractivity contribution is 6.30. The molecule has 1 aromatic rings. The minimum atomic E-state index is -0.186. The van der Waals surface area contributed by atoms with Gasteiger partial charge in [0.05, 0.1) is 0 Å². The maximum atomic E-state index is 13.8. The van der Waals surface area contributed by atoms with Gasteiger partial charge < -0.3 is 5.32 Å². The molecule has 2 unspecified atom stereocenters. The Morgan fingerprint density at radius 2 is 2.28 bits per heavy atom. The molecule has 0 radical (unpaired) electrons. The Hall–Kier alpha value is -0.640. The number of hydrogen-bond acceptors (Lipinski definition) is 2. The zero-order valence-corrected chi connectivity index (χ0v) is 11.1. The van der Waals surface area contributed by atoms with Crippen molar-refractivity contribution in [3.8, 4) is 0 Å². The van der Waals surface area contributed by atoms with Crippen LogP contribution >= 0.6 is 11.6 Å². The fourth-order valence-corrected chi connectivity index (χ4v) is 3.32. The normalized spacial score (nSPS) is 28.3. The SMILES string of the molecule is Fc1cc(Cl)ccc1CN1CCC2NCCC2C1. The quantitative estimate of drug-likeness (QED) is 0.887. The monoisotopic (exact) mass is 268 g/mol. The van der Waals surface area contributed by atoms with E-state index in [1.165, 1.54) is 18.9 Å². The van der Waals surface area contributed by atoms with Crippen molar-refractivity contribution in [3.63, 3.8) is 0 Å². The third-order valence-corrected chi connectivity index (χ3v) is 4.38. The van der Waals surface area contributed by atoms with Crippen molar-refractivity contribution in [1.29, 1.82) is 0 Å². The van der Waals surface area contributed by atoms with Gasteiger partial charge in [0.2, 0.25) is 0 Å². The highest BCUT2D eigenvalue weighted by atomic mass is 35.5. The fraction of sp³-hybridized carbons (Fsp3) is 0.571. The molecule has 0 aromatic heterocycles. The van der Waals surface area contributed by atoms with Crippen molar-refractivity contribution in [2.24, 2.45) is 5.92 Å². The molecule has 98 valence electrons. The van der Waals surface area contributed by atoms with Crippen LogP contribution < -0.4 is 5.32 Å². The molecule has 2 saturated heterocycles. The summed E-state index contributed by atoms with van der Waals surface area (Å²) in [6.07, 6.45) is 2.43. The van der Waals surface area contributed by atoms with Gasteiger partial charge in [0.1, 0.15) is 5.82 Å². The Bertz CT molecular complexity index is 438. The minimum Gasteiger partial charge on any atom is -0.314 e. The number of fused-ring (bicyclic) bond motifs is 1. The number of nitrogens with zero attached hydrogens (tertiary/aromatic N) is 1. The van der Waals surface area contributed by atoms with Gasteiger partial charge in [-0.2, -0.15) is 0 Å². The van der Waals surface area contributed by atoms with E-state index in [2.05, 4.69) is 10.2 Å². The Labute approximate surface area is 112 Å². The van der Waals surface area contributed by atoms with Crippen LogP contribution in [0.5, 0.6) is 0 Å². The first-order chi connectivity index (χ1) is 8.72. The molecule has 2 heterocycles. The lowest BCUT2D eigenvalue weighted by atomic mass is 9.93. The smallest absolute Gasteiger partial charge is 0.129 e. The van der Waals surface area contributed by atoms with Gasteiger partial charge in [0.25, 0.3) is 0 Å². The molecule has 18 heavy (non-hydrogen) atoms. The van der Waals surface area contributed by atoms with E-state index < -0.39 is 0 Å². The predicted octanol–water partition coefficient (Wildman–Crippen LogP) is 2.66. The molecule has 0 aliphatic carbocycles. The lowest BCUT2D eigenvalue weighted by Crippen LogP contribution is -2.44. The summed E-state index contributed by atoms with van der Waals surface area (Å²) in [7, 11) is 0.